The quantitative estimate of drug-likeness (QED) is 0.758. The maximum Gasteiger partial charge on any atom is 0.0377 e. The summed E-state index contributed by atoms with van der Waals surface area (Å²) in [6, 6.07) is 7.94. The molecule has 1 unspecified atom stereocenters. The molecule has 0 aromatic heterocycles. The molecule has 0 bridgehead atoms. The monoisotopic (exact) mass is 285 g/mol. The van der Waals surface area contributed by atoms with Crippen molar-refractivity contribution in [1.29, 1.82) is 0 Å². The molecule has 3 rings (SSSR count). The van der Waals surface area contributed by atoms with Crippen LogP contribution >= 0.6 is 0 Å². The molecule has 0 aliphatic heterocycles. The summed E-state index contributed by atoms with van der Waals surface area (Å²) >= 11 is 0. The highest BCUT2D eigenvalue weighted by Crippen LogP contribution is 2.50. The van der Waals surface area contributed by atoms with Gasteiger partial charge in [-0.15, -0.1) is 0 Å². The van der Waals surface area contributed by atoms with E-state index in [0.717, 1.165) is 6.54 Å². The van der Waals surface area contributed by atoms with E-state index in [2.05, 4.69) is 37.4 Å². The minimum Gasteiger partial charge on any atom is -0.309 e. The van der Waals surface area contributed by atoms with Crippen LogP contribution in [0.15, 0.2) is 18.2 Å². The number of fused-ring (bicyclic) bond motifs is 1. The molecule has 1 N–H and O–H groups in total. The van der Waals surface area contributed by atoms with Gasteiger partial charge in [-0.05, 0) is 73.6 Å². The van der Waals surface area contributed by atoms with E-state index < -0.39 is 0 Å². The van der Waals surface area contributed by atoms with Crippen LogP contribution < -0.4 is 5.32 Å². The van der Waals surface area contributed by atoms with Crippen LogP contribution in [0.25, 0.3) is 0 Å². The summed E-state index contributed by atoms with van der Waals surface area (Å²) in [5.41, 5.74) is 5.29. The van der Waals surface area contributed by atoms with Crippen molar-refractivity contribution in [2.75, 3.05) is 6.54 Å². The van der Waals surface area contributed by atoms with Crippen molar-refractivity contribution in [3.63, 3.8) is 0 Å². The smallest absolute Gasteiger partial charge is 0.0377 e. The molecular weight excluding hydrogens is 254 g/mol. The Morgan fingerprint density at radius 2 is 1.81 bits per heavy atom. The van der Waals surface area contributed by atoms with Crippen LogP contribution in [0.4, 0.5) is 0 Å². The molecule has 1 saturated carbocycles. The molecule has 2 aliphatic carbocycles. The van der Waals surface area contributed by atoms with Gasteiger partial charge in [0.1, 0.15) is 0 Å². The predicted octanol–water partition coefficient (Wildman–Crippen LogP) is 5.19. The SMILES string of the molecule is CCCNC(c1ccc2c(c1)CCC2)C1(CC)CCCC1. The third-order valence-corrected chi connectivity index (χ3v) is 5.97. The van der Waals surface area contributed by atoms with Gasteiger partial charge in [-0.25, -0.2) is 0 Å². The molecule has 1 nitrogen and oxygen atoms in total. The van der Waals surface area contributed by atoms with Gasteiger partial charge in [0.2, 0.25) is 0 Å². The number of aryl methyl sites for hydroxylation is 2. The van der Waals surface area contributed by atoms with Crippen molar-refractivity contribution in [1.82, 2.24) is 5.32 Å². The summed E-state index contributed by atoms with van der Waals surface area (Å²) < 4.78 is 0. The summed E-state index contributed by atoms with van der Waals surface area (Å²) in [5, 5.41) is 3.91. The molecule has 0 amide bonds. The summed E-state index contributed by atoms with van der Waals surface area (Å²) in [6.45, 7) is 5.82. The van der Waals surface area contributed by atoms with Gasteiger partial charge in [0, 0.05) is 6.04 Å². The second-order valence-corrected chi connectivity index (χ2v) is 7.19. The van der Waals surface area contributed by atoms with Crippen LogP contribution in [-0.2, 0) is 12.8 Å². The number of hydrogen-bond donors (Lipinski definition) is 1. The van der Waals surface area contributed by atoms with Crippen LogP contribution in [-0.4, -0.2) is 6.54 Å². The van der Waals surface area contributed by atoms with E-state index >= 15 is 0 Å². The van der Waals surface area contributed by atoms with Gasteiger partial charge < -0.3 is 5.32 Å². The van der Waals surface area contributed by atoms with E-state index in [1.54, 1.807) is 16.7 Å². The molecule has 0 heterocycles. The largest absolute Gasteiger partial charge is 0.309 e. The van der Waals surface area contributed by atoms with Gasteiger partial charge in [-0.2, -0.15) is 0 Å². The zero-order chi connectivity index (χ0) is 14.7. The Hall–Kier alpha value is -0.820. The third kappa shape index (κ3) is 2.90. The average Bonchev–Trinajstić information content (AvgIpc) is 3.16. The molecule has 0 spiro atoms. The number of benzene rings is 1. The Morgan fingerprint density at radius 3 is 2.52 bits per heavy atom. The normalized spacial score (nSPS) is 21.4. The Bertz CT molecular complexity index is 471. The molecule has 21 heavy (non-hydrogen) atoms. The standard InChI is InChI=1S/C20H31N/c1-3-14-21-19(20(4-2)12-5-6-13-20)18-11-10-16-8-7-9-17(16)15-18/h10-11,15,19,21H,3-9,12-14H2,1-2H3. The first-order valence-corrected chi connectivity index (χ1v) is 9.14. The van der Waals surface area contributed by atoms with E-state index in [4.69, 9.17) is 0 Å². The molecule has 0 radical (unpaired) electrons. The van der Waals surface area contributed by atoms with E-state index in [9.17, 15) is 0 Å². The van der Waals surface area contributed by atoms with Crippen LogP contribution in [0.1, 0.15) is 81.5 Å². The highest BCUT2D eigenvalue weighted by Gasteiger charge is 2.40. The molecule has 1 aromatic rings. The number of hydrogen-bond acceptors (Lipinski definition) is 1. The highest BCUT2D eigenvalue weighted by molar-refractivity contribution is 5.37. The molecule has 0 saturated heterocycles. The lowest BCUT2D eigenvalue weighted by Crippen LogP contribution is -2.36. The van der Waals surface area contributed by atoms with Crippen LogP contribution in [0.5, 0.6) is 0 Å². The van der Waals surface area contributed by atoms with Gasteiger partial charge in [0.25, 0.3) is 0 Å². The lowest BCUT2D eigenvalue weighted by Gasteiger charge is -2.38. The van der Waals surface area contributed by atoms with Crippen molar-refractivity contribution in [2.45, 2.75) is 77.7 Å². The van der Waals surface area contributed by atoms with Gasteiger partial charge in [0.05, 0.1) is 0 Å². The number of rotatable bonds is 6. The fourth-order valence-corrected chi connectivity index (χ4v) is 4.67. The van der Waals surface area contributed by atoms with E-state index in [1.165, 1.54) is 57.8 Å². The maximum absolute atomic E-state index is 3.91. The van der Waals surface area contributed by atoms with Crippen molar-refractivity contribution in [3.05, 3.63) is 34.9 Å². The zero-order valence-electron chi connectivity index (χ0n) is 13.9. The lowest BCUT2D eigenvalue weighted by atomic mass is 9.73. The summed E-state index contributed by atoms with van der Waals surface area (Å²) in [4.78, 5) is 0. The van der Waals surface area contributed by atoms with Crippen LogP contribution in [0.2, 0.25) is 0 Å². The lowest BCUT2D eigenvalue weighted by molar-refractivity contribution is 0.187. The van der Waals surface area contributed by atoms with Crippen molar-refractivity contribution in [2.24, 2.45) is 5.41 Å². The Balaban J connectivity index is 1.91. The molecule has 1 fully saturated rings. The first-order chi connectivity index (χ1) is 10.3. The fourth-order valence-electron chi connectivity index (χ4n) is 4.67. The van der Waals surface area contributed by atoms with E-state index in [0.29, 0.717) is 11.5 Å². The summed E-state index contributed by atoms with van der Waals surface area (Å²) in [5.74, 6) is 0. The van der Waals surface area contributed by atoms with Gasteiger partial charge in [0.15, 0.2) is 0 Å². The predicted molar refractivity (Wildman–Crippen MR) is 90.7 cm³/mol. The Kier molecular flexibility index (Phi) is 4.69. The maximum atomic E-state index is 3.91. The van der Waals surface area contributed by atoms with Gasteiger partial charge >= 0.3 is 0 Å². The molecular formula is C20H31N. The molecule has 1 aromatic carbocycles. The van der Waals surface area contributed by atoms with Gasteiger partial charge in [-0.3, -0.25) is 0 Å². The average molecular weight is 285 g/mol. The topological polar surface area (TPSA) is 12.0 Å². The Labute approximate surface area is 130 Å². The summed E-state index contributed by atoms with van der Waals surface area (Å²) in [6.07, 6.45) is 12.1. The van der Waals surface area contributed by atoms with Crippen molar-refractivity contribution < 1.29 is 0 Å². The minimum atomic E-state index is 0.502. The molecule has 116 valence electrons. The van der Waals surface area contributed by atoms with Crippen molar-refractivity contribution in [3.8, 4) is 0 Å². The first-order valence-electron chi connectivity index (χ1n) is 9.14. The molecule has 1 heteroatoms. The van der Waals surface area contributed by atoms with Gasteiger partial charge in [-0.1, -0.05) is 44.9 Å². The van der Waals surface area contributed by atoms with Crippen LogP contribution in [0, 0.1) is 5.41 Å². The zero-order valence-corrected chi connectivity index (χ0v) is 13.9. The van der Waals surface area contributed by atoms with Crippen molar-refractivity contribution >= 4 is 0 Å². The first kappa shape index (κ1) is 15.1. The van der Waals surface area contributed by atoms with E-state index in [1.807, 2.05) is 0 Å². The summed E-state index contributed by atoms with van der Waals surface area (Å²) in [7, 11) is 0. The second kappa shape index (κ2) is 6.52. The molecule has 1 atom stereocenters. The minimum absolute atomic E-state index is 0.502. The highest BCUT2D eigenvalue weighted by atomic mass is 14.9. The number of nitrogens with one attached hydrogen (secondary N) is 1. The Morgan fingerprint density at radius 1 is 1.05 bits per heavy atom. The molecule has 2 aliphatic rings. The third-order valence-electron chi connectivity index (χ3n) is 5.97. The fraction of sp³-hybridized carbons (Fsp3) is 0.700. The van der Waals surface area contributed by atoms with Crippen LogP contribution in [0.3, 0.4) is 0 Å². The van der Waals surface area contributed by atoms with E-state index in [-0.39, 0.29) is 0 Å². The second-order valence-electron chi connectivity index (χ2n) is 7.19.